The Labute approximate surface area is 99.7 Å². The molecule has 0 spiro atoms. The Balaban J connectivity index is 2.11. The molecule has 1 saturated carbocycles. The van der Waals surface area contributed by atoms with Crippen molar-refractivity contribution in [2.24, 2.45) is 5.73 Å². The van der Waals surface area contributed by atoms with Gasteiger partial charge >= 0.3 is 0 Å². The molecule has 1 aromatic carbocycles. The topological polar surface area (TPSA) is 44.5 Å². The maximum atomic E-state index is 12.9. The third-order valence-electron chi connectivity index (χ3n) is 3.96. The first-order valence-electron chi connectivity index (χ1n) is 5.98. The summed E-state index contributed by atoms with van der Waals surface area (Å²) in [6, 6.07) is 3.61. The number of hydrogen-bond acceptors (Lipinski definition) is 3. The van der Waals surface area contributed by atoms with E-state index in [2.05, 4.69) is 0 Å². The molecule has 1 aliphatic heterocycles. The lowest BCUT2D eigenvalue weighted by molar-refractivity contribution is 0.168. The maximum Gasteiger partial charge on any atom is 0.231 e. The van der Waals surface area contributed by atoms with E-state index in [-0.39, 0.29) is 12.2 Å². The molecule has 1 aliphatic carbocycles. The van der Waals surface area contributed by atoms with Gasteiger partial charge in [0.25, 0.3) is 0 Å². The van der Waals surface area contributed by atoms with Crippen LogP contribution in [0.25, 0.3) is 0 Å². The minimum Gasteiger partial charge on any atom is -0.454 e. The molecule has 0 bridgehead atoms. The van der Waals surface area contributed by atoms with Gasteiger partial charge in [0, 0.05) is 17.5 Å². The predicted octanol–water partition coefficient (Wildman–Crippen LogP) is 2.27. The van der Waals surface area contributed by atoms with Gasteiger partial charge in [0.15, 0.2) is 11.5 Å². The fourth-order valence-electron chi connectivity index (χ4n) is 2.73. The molecule has 3 nitrogen and oxygen atoms in total. The number of benzene rings is 1. The second kappa shape index (κ2) is 3.88. The molecule has 1 aromatic rings. The van der Waals surface area contributed by atoms with Crippen LogP contribution in [0, 0.1) is 0 Å². The average molecular weight is 237 g/mol. The monoisotopic (exact) mass is 237 g/mol. The highest BCUT2D eigenvalue weighted by Gasteiger charge is 2.41. The van der Waals surface area contributed by atoms with Gasteiger partial charge in [-0.2, -0.15) is 0 Å². The third-order valence-corrected chi connectivity index (χ3v) is 3.96. The zero-order valence-corrected chi connectivity index (χ0v) is 9.67. The molecule has 0 unspecified atom stereocenters. The Bertz CT molecular complexity index is 438. The van der Waals surface area contributed by atoms with E-state index in [1.807, 2.05) is 6.07 Å². The van der Waals surface area contributed by atoms with Crippen molar-refractivity contribution in [1.82, 2.24) is 0 Å². The smallest absolute Gasteiger partial charge is 0.231 e. The molecule has 0 aromatic heterocycles. The van der Waals surface area contributed by atoms with Crippen molar-refractivity contribution in [2.75, 3.05) is 13.3 Å². The van der Waals surface area contributed by atoms with Gasteiger partial charge in [0.05, 0.1) is 0 Å². The third kappa shape index (κ3) is 1.51. The van der Waals surface area contributed by atoms with Crippen LogP contribution in [0.4, 0.5) is 4.39 Å². The molecule has 92 valence electrons. The predicted molar refractivity (Wildman–Crippen MR) is 62.0 cm³/mol. The van der Waals surface area contributed by atoms with Gasteiger partial charge in [-0.1, -0.05) is 6.42 Å². The van der Waals surface area contributed by atoms with E-state index in [1.54, 1.807) is 6.07 Å². The van der Waals surface area contributed by atoms with Crippen molar-refractivity contribution in [1.29, 1.82) is 0 Å². The number of fused-ring (bicyclic) bond motifs is 1. The second-order valence-electron chi connectivity index (χ2n) is 4.85. The molecule has 17 heavy (non-hydrogen) atoms. The molecule has 3 rings (SSSR count). The largest absolute Gasteiger partial charge is 0.454 e. The highest BCUT2D eigenvalue weighted by Crippen LogP contribution is 2.50. The fourth-order valence-corrected chi connectivity index (χ4v) is 2.73. The maximum absolute atomic E-state index is 12.9. The van der Waals surface area contributed by atoms with Crippen LogP contribution in [-0.4, -0.2) is 13.3 Å². The van der Waals surface area contributed by atoms with Crippen molar-refractivity contribution in [3.8, 4) is 11.5 Å². The summed E-state index contributed by atoms with van der Waals surface area (Å²) in [5, 5.41) is 0. The van der Waals surface area contributed by atoms with Crippen molar-refractivity contribution in [3.05, 3.63) is 23.3 Å². The van der Waals surface area contributed by atoms with Crippen LogP contribution < -0.4 is 15.2 Å². The summed E-state index contributed by atoms with van der Waals surface area (Å²) in [6.07, 6.45) is 3.27. The number of hydrogen-bond donors (Lipinski definition) is 1. The van der Waals surface area contributed by atoms with Gasteiger partial charge in [-0.25, -0.2) is 4.39 Å². The fraction of sp³-hybridized carbons (Fsp3) is 0.538. The highest BCUT2D eigenvalue weighted by molar-refractivity contribution is 5.54. The summed E-state index contributed by atoms with van der Waals surface area (Å²) < 4.78 is 23.7. The van der Waals surface area contributed by atoms with Crippen molar-refractivity contribution < 1.29 is 13.9 Å². The van der Waals surface area contributed by atoms with E-state index < -0.39 is 6.67 Å². The lowest BCUT2D eigenvalue weighted by atomic mass is 9.64. The van der Waals surface area contributed by atoms with Gasteiger partial charge in [0.1, 0.15) is 6.67 Å². The summed E-state index contributed by atoms with van der Waals surface area (Å²) in [5.74, 6) is 1.43. The van der Waals surface area contributed by atoms with Crippen LogP contribution in [0.2, 0.25) is 0 Å². The first kappa shape index (κ1) is 10.8. The van der Waals surface area contributed by atoms with Gasteiger partial charge in [-0.05, 0) is 30.5 Å². The molecule has 4 heteroatoms. The van der Waals surface area contributed by atoms with Crippen LogP contribution in [0.15, 0.2) is 12.1 Å². The van der Waals surface area contributed by atoms with E-state index >= 15 is 0 Å². The summed E-state index contributed by atoms with van der Waals surface area (Å²) in [4.78, 5) is 0. The Morgan fingerprint density at radius 2 is 2.12 bits per heavy atom. The van der Waals surface area contributed by atoms with E-state index in [0.717, 1.165) is 24.2 Å². The standard InChI is InChI=1S/C13H16FNO2/c14-6-9-4-10(13(7-15)2-1-3-13)12-11(5-9)16-8-17-12/h4-5H,1-3,6-8,15H2. The summed E-state index contributed by atoms with van der Waals surface area (Å²) >= 11 is 0. The SMILES string of the molecule is NCC1(c2cc(CF)cc3c2OCO3)CCC1. The molecule has 1 fully saturated rings. The molecule has 1 heterocycles. The summed E-state index contributed by atoms with van der Waals surface area (Å²) in [6.45, 7) is 0.321. The molecule has 0 atom stereocenters. The average Bonchev–Trinajstić information content (AvgIpc) is 2.76. The minimum absolute atomic E-state index is 0.0248. The Kier molecular flexibility index (Phi) is 2.47. The minimum atomic E-state index is -0.482. The highest BCUT2D eigenvalue weighted by atomic mass is 19.1. The van der Waals surface area contributed by atoms with Crippen molar-refractivity contribution in [2.45, 2.75) is 31.4 Å². The van der Waals surface area contributed by atoms with Gasteiger partial charge in [-0.15, -0.1) is 0 Å². The Morgan fingerprint density at radius 3 is 2.71 bits per heavy atom. The Morgan fingerprint density at radius 1 is 1.29 bits per heavy atom. The number of rotatable bonds is 3. The van der Waals surface area contributed by atoms with Crippen molar-refractivity contribution in [3.63, 3.8) is 0 Å². The quantitative estimate of drug-likeness (QED) is 0.877. The number of ether oxygens (including phenoxy) is 2. The lowest BCUT2D eigenvalue weighted by Crippen LogP contribution is -2.41. The molecular weight excluding hydrogens is 221 g/mol. The normalized spacial score (nSPS) is 20.1. The van der Waals surface area contributed by atoms with Crippen LogP contribution in [0.5, 0.6) is 11.5 Å². The first-order valence-corrected chi connectivity index (χ1v) is 5.98. The number of nitrogens with two attached hydrogens (primary N) is 1. The summed E-state index contributed by atoms with van der Waals surface area (Å²) in [5.41, 5.74) is 7.55. The number of alkyl halides is 1. The van der Waals surface area contributed by atoms with Crippen LogP contribution in [0.1, 0.15) is 30.4 Å². The zero-order chi connectivity index (χ0) is 11.9. The number of halogens is 1. The van der Waals surface area contributed by atoms with Gasteiger partial charge in [0.2, 0.25) is 6.79 Å². The van der Waals surface area contributed by atoms with Crippen LogP contribution >= 0.6 is 0 Å². The molecule has 2 aliphatic rings. The molecule has 0 saturated heterocycles. The van der Waals surface area contributed by atoms with E-state index in [0.29, 0.717) is 17.9 Å². The molecular formula is C13H16FNO2. The van der Waals surface area contributed by atoms with E-state index in [1.165, 1.54) is 6.42 Å². The Hall–Kier alpha value is -1.29. The van der Waals surface area contributed by atoms with Crippen LogP contribution in [-0.2, 0) is 12.1 Å². The second-order valence-corrected chi connectivity index (χ2v) is 4.85. The molecule has 0 radical (unpaired) electrons. The molecule has 2 N–H and O–H groups in total. The zero-order valence-electron chi connectivity index (χ0n) is 9.67. The van der Waals surface area contributed by atoms with E-state index in [4.69, 9.17) is 15.2 Å². The van der Waals surface area contributed by atoms with E-state index in [9.17, 15) is 4.39 Å². The van der Waals surface area contributed by atoms with Crippen molar-refractivity contribution >= 4 is 0 Å². The first-order chi connectivity index (χ1) is 8.29. The lowest BCUT2D eigenvalue weighted by Gasteiger charge is -2.42. The van der Waals surface area contributed by atoms with Gasteiger partial charge < -0.3 is 15.2 Å². The van der Waals surface area contributed by atoms with Gasteiger partial charge in [-0.3, -0.25) is 0 Å². The van der Waals surface area contributed by atoms with Crippen LogP contribution in [0.3, 0.4) is 0 Å². The molecule has 0 amide bonds. The summed E-state index contributed by atoms with van der Waals surface area (Å²) in [7, 11) is 0.